The van der Waals surface area contributed by atoms with E-state index in [2.05, 4.69) is 57.3 Å². The van der Waals surface area contributed by atoms with Gasteiger partial charge < -0.3 is 4.74 Å². The van der Waals surface area contributed by atoms with Gasteiger partial charge in [0.1, 0.15) is 5.76 Å². The van der Waals surface area contributed by atoms with Crippen LogP contribution in [0, 0.1) is 5.41 Å². The van der Waals surface area contributed by atoms with Crippen LogP contribution in [-0.2, 0) is 9.53 Å². The zero-order chi connectivity index (χ0) is 19.7. The van der Waals surface area contributed by atoms with Gasteiger partial charge in [-0.1, -0.05) is 66.7 Å². The number of ketones is 1. The van der Waals surface area contributed by atoms with E-state index in [9.17, 15) is 4.79 Å². The lowest BCUT2D eigenvalue weighted by molar-refractivity contribution is -0.121. The van der Waals surface area contributed by atoms with Crippen LogP contribution in [-0.4, -0.2) is 20.5 Å². The van der Waals surface area contributed by atoms with Gasteiger partial charge in [-0.3, -0.25) is 4.79 Å². The van der Waals surface area contributed by atoms with Crippen LogP contribution < -0.4 is 5.19 Å². The first-order chi connectivity index (χ1) is 12.8. The quantitative estimate of drug-likeness (QED) is 0.462. The minimum absolute atomic E-state index is 0.245. The van der Waals surface area contributed by atoms with Gasteiger partial charge in [-0.05, 0) is 45.1 Å². The number of hydrogen-bond donors (Lipinski definition) is 0. The molecule has 0 heterocycles. The third kappa shape index (κ3) is 3.98. The molecule has 3 heteroatoms. The maximum Gasteiger partial charge on any atom is 0.165 e. The van der Waals surface area contributed by atoms with Crippen LogP contribution in [0.4, 0.5) is 0 Å². The van der Waals surface area contributed by atoms with Crippen molar-refractivity contribution in [3.63, 3.8) is 0 Å². The van der Waals surface area contributed by atoms with E-state index in [1.807, 2.05) is 6.92 Å². The average Bonchev–Trinajstić information content (AvgIpc) is 2.91. The maximum atomic E-state index is 12.8. The molecule has 0 amide bonds. The molecule has 0 saturated heterocycles. The largest absolute Gasteiger partial charge is 0.498 e. The van der Waals surface area contributed by atoms with Gasteiger partial charge in [0.15, 0.2) is 5.78 Å². The van der Waals surface area contributed by atoms with E-state index in [4.69, 9.17) is 4.74 Å². The van der Waals surface area contributed by atoms with E-state index >= 15 is 0 Å². The lowest BCUT2D eigenvalue weighted by Crippen LogP contribution is -2.48. The Kier molecular flexibility index (Phi) is 5.81. The molecule has 0 bridgehead atoms. The molecular weight excluding hydrogens is 348 g/mol. The Morgan fingerprint density at radius 3 is 2.59 bits per heavy atom. The lowest BCUT2D eigenvalue weighted by Gasteiger charge is -2.41. The third-order valence-corrected chi connectivity index (χ3v) is 11.0. The molecule has 0 spiro atoms. The molecule has 2 atom stereocenters. The van der Waals surface area contributed by atoms with Gasteiger partial charge in [0.25, 0.3) is 0 Å². The predicted octanol–water partition coefficient (Wildman–Crippen LogP) is 5.76. The summed E-state index contributed by atoms with van der Waals surface area (Å²) in [7, 11) is -1.66. The van der Waals surface area contributed by atoms with Gasteiger partial charge in [0.05, 0.1) is 14.7 Å². The van der Waals surface area contributed by atoms with Gasteiger partial charge in [-0.2, -0.15) is 0 Å². The molecular formula is C24H34O2Si. The van der Waals surface area contributed by atoms with E-state index in [1.165, 1.54) is 30.0 Å². The van der Waals surface area contributed by atoms with Crippen LogP contribution in [0.1, 0.15) is 52.9 Å². The second-order valence-electron chi connectivity index (χ2n) is 9.16. The van der Waals surface area contributed by atoms with Crippen molar-refractivity contribution >= 4 is 19.0 Å². The fourth-order valence-electron chi connectivity index (χ4n) is 5.03. The molecule has 3 rings (SSSR count). The number of allylic oxidation sites excluding steroid dienone is 4. The molecule has 27 heavy (non-hydrogen) atoms. The van der Waals surface area contributed by atoms with Gasteiger partial charge >= 0.3 is 0 Å². The molecule has 0 fully saturated rings. The number of carbonyl (C=O) groups is 1. The first-order valence-corrected chi connectivity index (χ1v) is 13.5. The molecule has 2 aliphatic rings. The Balaban J connectivity index is 1.89. The van der Waals surface area contributed by atoms with Crippen molar-refractivity contribution in [2.75, 3.05) is 6.61 Å². The molecule has 2 nitrogen and oxygen atoms in total. The van der Waals surface area contributed by atoms with Crippen molar-refractivity contribution in [3.05, 3.63) is 53.3 Å². The van der Waals surface area contributed by atoms with Crippen LogP contribution in [0.25, 0.3) is 0 Å². The number of rotatable bonds is 6. The van der Waals surface area contributed by atoms with Crippen molar-refractivity contribution < 1.29 is 9.53 Å². The molecule has 0 aromatic heterocycles. The van der Waals surface area contributed by atoms with E-state index in [0.29, 0.717) is 12.1 Å². The zero-order valence-corrected chi connectivity index (χ0v) is 18.6. The fraction of sp³-hybridized carbons (Fsp3) is 0.542. The van der Waals surface area contributed by atoms with Crippen molar-refractivity contribution in [1.82, 2.24) is 0 Å². The topological polar surface area (TPSA) is 26.3 Å². The highest BCUT2D eigenvalue weighted by atomic mass is 28.3. The Bertz CT molecular complexity index is 760. The monoisotopic (exact) mass is 382 g/mol. The molecule has 0 saturated carbocycles. The van der Waals surface area contributed by atoms with Crippen LogP contribution in [0.3, 0.4) is 0 Å². The summed E-state index contributed by atoms with van der Waals surface area (Å²) in [5.74, 6) is 1.12. The molecule has 1 aromatic carbocycles. The first kappa shape index (κ1) is 20.1. The van der Waals surface area contributed by atoms with Crippen LogP contribution in [0.5, 0.6) is 0 Å². The maximum absolute atomic E-state index is 12.8. The first-order valence-electron chi connectivity index (χ1n) is 10.4. The average molecular weight is 383 g/mol. The minimum atomic E-state index is -1.66. The summed E-state index contributed by atoms with van der Waals surface area (Å²) in [6.45, 7) is 12.1. The fourth-order valence-corrected chi connectivity index (χ4v) is 8.63. The summed E-state index contributed by atoms with van der Waals surface area (Å²) in [6.07, 6.45) is 7.10. The smallest absolute Gasteiger partial charge is 0.165 e. The van der Waals surface area contributed by atoms with E-state index in [1.54, 1.807) is 11.6 Å². The Hall–Kier alpha value is -1.61. The van der Waals surface area contributed by atoms with Crippen molar-refractivity contribution in [3.8, 4) is 0 Å². The lowest BCUT2D eigenvalue weighted by atomic mass is 9.76. The highest BCUT2D eigenvalue weighted by Gasteiger charge is 2.44. The second-order valence-corrected chi connectivity index (χ2v) is 13.9. The Labute approximate surface area is 165 Å². The summed E-state index contributed by atoms with van der Waals surface area (Å²) in [5, 5.41) is 1.53. The van der Waals surface area contributed by atoms with E-state index < -0.39 is 8.07 Å². The highest BCUT2D eigenvalue weighted by Crippen LogP contribution is 2.49. The molecule has 2 unspecified atom stereocenters. The van der Waals surface area contributed by atoms with Crippen molar-refractivity contribution in [2.45, 2.75) is 71.5 Å². The molecule has 146 valence electrons. The van der Waals surface area contributed by atoms with E-state index in [0.717, 1.165) is 18.6 Å². The van der Waals surface area contributed by atoms with E-state index in [-0.39, 0.29) is 11.2 Å². The van der Waals surface area contributed by atoms with Crippen LogP contribution in [0.2, 0.25) is 18.6 Å². The van der Waals surface area contributed by atoms with Crippen LogP contribution >= 0.6 is 0 Å². The molecule has 0 N–H and O–H groups in total. The SMILES string of the molecule is CCOC1=CC(=O)C(C)(CC2=C(C)CCCC2[Si](C)(C)c2ccccc2)C1. The Morgan fingerprint density at radius 1 is 1.22 bits per heavy atom. The zero-order valence-electron chi connectivity index (χ0n) is 17.6. The van der Waals surface area contributed by atoms with Crippen molar-refractivity contribution in [2.24, 2.45) is 5.41 Å². The predicted molar refractivity (Wildman–Crippen MR) is 116 cm³/mol. The Morgan fingerprint density at radius 2 is 1.93 bits per heavy atom. The number of carbonyl (C=O) groups excluding carboxylic acids is 1. The van der Waals surface area contributed by atoms with Crippen LogP contribution in [0.15, 0.2) is 53.3 Å². The number of benzene rings is 1. The number of hydrogen-bond acceptors (Lipinski definition) is 2. The van der Waals surface area contributed by atoms with Gasteiger partial charge in [0.2, 0.25) is 0 Å². The van der Waals surface area contributed by atoms with Crippen molar-refractivity contribution in [1.29, 1.82) is 0 Å². The summed E-state index contributed by atoms with van der Waals surface area (Å²) in [5.41, 5.74) is 3.39. The molecule has 2 aliphatic carbocycles. The summed E-state index contributed by atoms with van der Waals surface area (Å²) in [4.78, 5) is 12.8. The summed E-state index contributed by atoms with van der Waals surface area (Å²) >= 11 is 0. The number of ether oxygens (including phenoxy) is 1. The summed E-state index contributed by atoms with van der Waals surface area (Å²) < 4.78 is 5.68. The normalized spacial score (nSPS) is 26.3. The second kappa shape index (κ2) is 7.79. The molecule has 0 radical (unpaired) electrons. The standard InChI is InChI=1S/C24H34O2Si/c1-6-26-19-15-23(25)24(3,16-19)17-21-18(2)11-10-14-22(21)27(4,5)20-12-8-7-9-13-20/h7-9,12-13,15,22H,6,10-11,14,16-17H2,1-5H3. The summed E-state index contributed by atoms with van der Waals surface area (Å²) in [6, 6.07) is 11.1. The van der Waals surface area contributed by atoms with Gasteiger partial charge in [-0.25, -0.2) is 0 Å². The van der Waals surface area contributed by atoms with Gasteiger partial charge in [-0.15, -0.1) is 0 Å². The minimum Gasteiger partial charge on any atom is -0.498 e. The molecule has 1 aromatic rings. The highest BCUT2D eigenvalue weighted by molar-refractivity contribution is 6.91. The van der Waals surface area contributed by atoms with Gasteiger partial charge in [0, 0.05) is 17.9 Å². The third-order valence-electron chi connectivity index (χ3n) is 6.76. The molecule has 0 aliphatic heterocycles.